The van der Waals surface area contributed by atoms with E-state index < -0.39 is 112 Å². The summed E-state index contributed by atoms with van der Waals surface area (Å²) in [7, 11) is 0. The van der Waals surface area contributed by atoms with Crippen LogP contribution < -0.4 is 4.74 Å². The zero-order valence-electron chi connectivity index (χ0n) is 21.5. The van der Waals surface area contributed by atoms with E-state index in [1.807, 2.05) is 0 Å². The standard InChI is InChI=1S/C24H36O17/c25-5-10-13(27)16(30)19(33)22(39-10)36-6-11-14(28)17(31)20(34)23(40-11)37-7-12-15(29)18(32)21(35)24(41-12)38-9-3-1-8(26)2-4-9/h1-4,10-35H,5-7H2/t10-,11-,12-,13-,14-,15-,16+,17+,18+,19-,20-,21-,22-,23-,24-/m1/s1. The highest BCUT2D eigenvalue weighted by atomic mass is 16.7. The lowest BCUT2D eigenvalue weighted by atomic mass is 9.98. The zero-order chi connectivity index (χ0) is 30.0. The van der Waals surface area contributed by atoms with Gasteiger partial charge in [-0.25, -0.2) is 0 Å². The lowest BCUT2D eigenvalue weighted by Crippen LogP contribution is -2.63. The molecular weight excluding hydrogens is 560 g/mol. The monoisotopic (exact) mass is 596 g/mol. The molecule has 1 aromatic carbocycles. The van der Waals surface area contributed by atoms with Gasteiger partial charge in [0.15, 0.2) is 12.6 Å². The van der Waals surface area contributed by atoms with Crippen molar-refractivity contribution in [3.63, 3.8) is 0 Å². The first-order valence-corrected chi connectivity index (χ1v) is 12.8. The number of benzene rings is 1. The molecule has 0 aromatic heterocycles. The van der Waals surface area contributed by atoms with Crippen molar-refractivity contribution in [2.24, 2.45) is 0 Å². The molecule has 0 radical (unpaired) electrons. The molecule has 3 aliphatic rings. The van der Waals surface area contributed by atoms with E-state index in [4.69, 9.17) is 28.4 Å². The SMILES string of the molecule is OC[C@H]1O[C@@H](OC[C@H]2O[C@@H](OC[C@H]3O[C@@H](Oc4ccc(O)cc4)[C@H](O)[C@@H](O)[C@@H]3O)[C@H](O)[C@@H](O)[C@@H]2O)[C@H](O)[C@@H](O)[C@@H]1O. The van der Waals surface area contributed by atoms with Crippen LogP contribution in [0.25, 0.3) is 0 Å². The Morgan fingerprint density at radius 2 is 0.902 bits per heavy atom. The van der Waals surface area contributed by atoms with E-state index in [0.29, 0.717) is 0 Å². The van der Waals surface area contributed by atoms with Crippen molar-refractivity contribution in [1.29, 1.82) is 0 Å². The van der Waals surface area contributed by atoms with Gasteiger partial charge < -0.3 is 84.6 Å². The first kappa shape index (κ1) is 32.1. The van der Waals surface area contributed by atoms with Gasteiger partial charge >= 0.3 is 0 Å². The normalized spacial score (nSPS) is 45.4. The van der Waals surface area contributed by atoms with Crippen molar-refractivity contribution in [3.05, 3.63) is 24.3 Å². The summed E-state index contributed by atoms with van der Waals surface area (Å²) in [5, 5.41) is 111. The summed E-state index contributed by atoms with van der Waals surface area (Å²) in [5.41, 5.74) is 0. The molecule has 0 aliphatic carbocycles. The molecule has 1 aromatic rings. The van der Waals surface area contributed by atoms with Gasteiger partial charge in [0.1, 0.15) is 84.7 Å². The number of aromatic hydroxyl groups is 1. The second kappa shape index (κ2) is 13.7. The fourth-order valence-electron chi connectivity index (χ4n) is 4.59. The maximum Gasteiger partial charge on any atom is 0.229 e. The molecule has 3 heterocycles. The number of rotatable bonds is 9. The fraction of sp³-hybridized carbons (Fsp3) is 0.750. The van der Waals surface area contributed by atoms with Crippen LogP contribution >= 0.6 is 0 Å². The highest BCUT2D eigenvalue weighted by Crippen LogP contribution is 2.29. The van der Waals surface area contributed by atoms with Crippen LogP contribution in [0.15, 0.2) is 24.3 Å². The smallest absolute Gasteiger partial charge is 0.229 e. The molecule has 0 unspecified atom stereocenters. The van der Waals surface area contributed by atoms with Crippen molar-refractivity contribution < 1.29 is 84.6 Å². The molecule has 15 atom stereocenters. The minimum Gasteiger partial charge on any atom is -0.508 e. The summed E-state index contributed by atoms with van der Waals surface area (Å²) in [4.78, 5) is 0. The molecule has 0 bridgehead atoms. The van der Waals surface area contributed by atoms with E-state index in [1.54, 1.807) is 0 Å². The van der Waals surface area contributed by atoms with Crippen LogP contribution in [0.4, 0.5) is 0 Å². The Labute approximate surface area is 232 Å². The summed E-state index contributed by atoms with van der Waals surface area (Å²) < 4.78 is 32.6. The highest BCUT2D eigenvalue weighted by Gasteiger charge is 2.49. The van der Waals surface area contributed by atoms with Crippen molar-refractivity contribution in [3.8, 4) is 11.5 Å². The fourth-order valence-corrected chi connectivity index (χ4v) is 4.59. The van der Waals surface area contributed by atoms with Gasteiger partial charge in [0.2, 0.25) is 6.29 Å². The first-order chi connectivity index (χ1) is 19.4. The summed E-state index contributed by atoms with van der Waals surface area (Å²) in [6.07, 6.45) is -24.1. The second-order valence-corrected chi connectivity index (χ2v) is 10.0. The van der Waals surface area contributed by atoms with E-state index in [0.717, 1.165) is 0 Å². The van der Waals surface area contributed by atoms with E-state index in [1.165, 1.54) is 24.3 Å². The maximum absolute atomic E-state index is 10.4. The minimum absolute atomic E-state index is 0.0422. The molecule has 41 heavy (non-hydrogen) atoms. The number of aliphatic hydroxyl groups is 10. The third kappa shape index (κ3) is 7.07. The van der Waals surface area contributed by atoms with Crippen molar-refractivity contribution in [1.82, 2.24) is 0 Å². The predicted molar refractivity (Wildman–Crippen MR) is 128 cm³/mol. The Morgan fingerprint density at radius 3 is 1.37 bits per heavy atom. The predicted octanol–water partition coefficient (Wildman–Crippen LogP) is -5.78. The van der Waals surface area contributed by atoms with Gasteiger partial charge in [-0.3, -0.25) is 0 Å². The van der Waals surface area contributed by atoms with Gasteiger partial charge in [0.25, 0.3) is 0 Å². The quantitative estimate of drug-likeness (QED) is 0.127. The minimum atomic E-state index is -1.81. The molecule has 0 amide bonds. The number of aliphatic hydroxyl groups excluding tert-OH is 10. The Kier molecular flexibility index (Phi) is 10.7. The molecule has 3 fully saturated rings. The van der Waals surface area contributed by atoms with Gasteiger partial charge in [-0.2, -0.15) is 0 Å². The number of phenolic OH excluding ortho intramolecular Hbond substituents is 1. The summed E-state index contributed by atoms with van der Waals surface area (Å²) in [5.74, 6) is 0.125. The van der Waals surface area contributed by atoms with Crippen LogP contribution in [0.3, 0.4) is 0 Å². The highest BCUT2D eigenvalue weighted by molar-refractivity contribution is 5.30. The zero-order valence-corrected chi connectivity index (χ0v) is 21.5. The molecule has 3 saturated heterocycles. The number of hydrogen-bond donors (Lipinski definition) is 11. The lowest BCUT2D eigenvalue weighted by Gasteiger charge is -2.43. The Hall–Kier alpha value is -1.78. The van der Waals surface area contributed by atoms with Gasteiger partial charge in [-0.05, 0) is 24.3 Å². The molecule has 17 nitrogen and oxygen atoms in total. The Balaban J connectivity index is 1.36. The Bertz CT molecular complexity index is 951. The van der Waals surface area contributed by atoms with Crippen molar-refractivity contribution in [2.75, 3.05) is 19.8 Å². The first-order valence-electron chi connectivity index (χ1n) is 12.8. The van der Waals surface area contributed by atoms with Gasteiger partial charge in [0.05, 0.1) is 19.8 Å². The second-order valence-electron chi connectivity index (χ2n) is 10.0. The molecule has 17 heteroatoms. The summed E-state index contributed by atoms with van der Waals surface area (Å²) >= 11 is 0. The van der Waals surface area contributed by atoms with Crippen LogP contribution in [0.2, 0.25) is 0 Å². The molecule has 11 N–H and O–H groups in total. The van der Waals surface area contributed by atoms with E-state index in [-0.39, 0.29) is 11.5 Å². The summed E-state index contributed by atoms with van der Waals surface area (Å²) in [6.45, 7) is -1.84. The van der Waals surface area contributed by atoms with Crippen molar-refractivity contribution in [2.45, 2.75) is 92.1 Å². The van der Waals surface area contributed by atoms with Crippen molar-refractivity contribution >= 4 is 0 Å². The van der Waals surface area contributed by atoms with E-state index in [9.17, 15) is 56.2 Å². The number of ether oxygens (including phenoxy) is 6. The summed E-state index contributed by atoms with van der Waals surface area (Å²) in [6, 6.07) is 5.38. The van der Waals surface area contributed by atoms with E-state index in [2.05, 4.69) is 0 Å². The average molecular weight is 597 g/mol. The average Bonchev–Trinajstić information content (AvgIpc) is 2.96. The molecular formula is C24H36O17. The third-order valence-corrected chi connectivity index (χ3v) is 7.12. The van der Waals surface area contributed by atoms with E-state index >= 15 is 0 Å². The van der Waals surface area contributed by atoms with Gasteiger partial charge in [0, 0.05) is 0 Å². The van der Waals surface area contributed by atoms with Crippen LogP contribution in [-0.4, -0.2) is 168 Å². The topological polar surface area (TPSA) is 278 Å². The third-order valence-electron chi connectivity index (χ3n) is 7.12. The number of hydrogen-bond acceptors (Lipinski definition) is 17. The van der Waals surface area contributed by atoms with Crippen LogP contribution in [0.1, 0.15) is 0 Å². The molecule has 0 spiro atoms. The van der Waals surface area contributed by atoms with Gasteiger partial charge in [-0.1, -0.05) is 0 Å². The molecule has 4 rings (SSSR count). The van der Waals surface area contributed by atoms with Crippen LogP contribution in [0.5, 0.6) is 11.5 Å². The van der Waals surface area contributed by atoms with Crippen LogP contribution in [0, 0.1) is 0 Å². The van der Waals surface area contributed by atoms with Gasteiger partial charge in [-0.15, -0.1) is 0 Å². The van der Waals surface area contributed by atoms with Crippen LogP contribution in [-0.2, 0) is 23.7 Å². The Morgan fingerprint density at radius 1 is 0.512 bits per heavy atom. The largest absolute Gasteiger partial charge is 0.508 e. The molecule has 0 saturated carbocycles. The molecule has 234 valence electrons. The number of phenols is 1. The maximum atomic E-state index is 10.4. The lowest BCUT2D eigenvalue weighted by molar-refractivity contribution is -0.339. The molecule has 3 aliphatic heterocycles.